The second-order valence-corrected chi connectivity index (χ2v) is 6.69. The van der Waals surface area contributed by atoms with Gasteiger partial charge in [0.05, 0.1) is 12.1 Å². The summed E-state index contributed by atoms with van der Waals surface area (Å²) in [4.78, 5) is 1.59. The molecule has 0 spiro atoms. The third-order valence-corrected chi connectivity index (χ3v) is 4.34. The number of rotatable bonds is 4. The second kappa shape index (κ2) is 7.09. The molecule has 0 bridgehead atoms. The Morgan fingerprint density at radius 1 is 0.708 bits per heavy atom. The lowest BCUT2D eigenvalue weighted by molar-refractivity contribution is 0.516. The van der Waals surface area contributed by atoms with Crippen LogP contribution in [0, 0.1) is 22.7 Å². The molecule has 0 radical (unpaired) electrons. The Kier molecular flexibility index (Phi) is 5.33. The van der Waals surface area contributed by atoms with E-state index in [1.165, 1.54) is 0 Å². The molecule has 0 amide bonds. The Labute approximate surface area is 152 Å². The first kappa shape index (κ1) is 18.1. The summed E-state index contributed by atoms with van der Waals surface area (Å²) in [6.07, 6.45) is 0. The van der Waals surface area contributed by atoms with Crippen LogP contribution in [0.25, 0.3) is 0 Å². The van der Waals surface area contributed by atoms with Crippen LogP contribution in [0.2, 0.25) is 0 Å². The lowest BCUT2D eigenvalue weighted by atomic mass is 9.93. The Balaban J connectivity index is 2.41. The molecule has 6 heteroatoms. The minimum Gasteiger partial charge on any atom is -0.195 e. The van der Waals surface area contributed by atoms with E-state index in [-0.39, 0.29) is 0 Å². The summed E-state index contributed by atoms with van der Waals surface area (Å²) in [5.74, 6) is 0. The van der Waals surface area contributed by atoms with Crippen LogP contribution in [0.15, 0.2) is 68.6 Å². The highest BCUT2D eigenvalue weighted by Gasteiger charge is 2.31. The van der Waals surface area contributed by atoms with Crippen LogP contribution in [0.1, 0.15) is 25.0 Å². The molecule has 2 unspecified atom stereocenters. The smallest absolute Gasteiger partial charge is 0.189 e. The van der Waals surface area contributed by atoms with Crippen molar-refractivity contribution in [3.8, 4) is 12.1 Å². The molecule has 0 aliphatic carbocycles. The van der Waals surface area contributed by atoms with E-state index in [9.17, 15) is 10.5 Å². The van der Waals surface area contributed by atoms with Gasteiger partial charge in [-0.2, -0.15) is 20.8 Å². The number of benzene rings is 2. The second-order valence-electron chi connectivity index (χ2n) is 5.66. The summed E-state index contributed by atoms with van der Waals surface area (Å²) < 4.78 is 0. The minimum absolute atomic E-state index is 0.692. The van der Waals surface area contributed by atoms with Crippen molar-refractivity contribution < 1.29 is 0 Å². The molecule has 24 heavy (non-hydrogen) atoms. The monoisotopic (exact) mass is 352 g/mol. The summed E-state index contributed by atoms with van der Waals surface area (Å²) >= 11 is 8.48. The zero-order chi connectivity index (χ0) is 17.8. The number of thiol groups is 2. The number of azo groups is 1. The fourth-order valence-electron chi connectivity index (χ4n) is 2.06. The maximum absolute atomic E-state index is 9.57. The first-order valence-electron chi connectivity index (χ1n) is 7.18. The predicted molar refractivity (Wildman–Crippen MR) is 98.2 cm³/mol. The lowest BCUT2D eigenvalue weighted by Crippen LogP contribution is -2.20. The van der Waals surface area contributed by atoms with E-state index in [0.717, 1.165) is 9.79 Å². The van der Waals surface area contributed by atoms with Crippen LogP contribution in [-0.2, 0) is 11.1 Å². The number of nitrogens with zero attached hydrogens (tertiary/aromatic N) is 4. The van der Waals surface area contributed by atoms with Gasteiger partial charge in [0.15, 0.2) is 11.1 Å². The van der Waals surface area contributed by atoms with Gasteiger partial charge in [0, 0.05) is 9.79 Å². The molecule has 2 rings (SSSR count). The highest BCUT2D eigenvalue weighted by Crippen LogP contribution is 2.31. The van der Waals surface area contributed by atoms with Crippen molar-refractivity contribution in [1.82, 2.24) is 0 Å². The highest BCUT2D eigenvalue weighted by atomic mass is 32.1. The van der Waals surface area contributed by atoms with Gasteiger partial charge in [-0.05, 0) is 49.2 Å². The molecule has 0 aliphatic rings. The zero-order valence-corrected chi connectivity index (χ0v) is 15.1. The van der Waals surface area contributed by atoms with Crippen molar-refractivity contribution in [2.45, 2.75) is 34.7 Å². The van der Waals surface area contributed by atoms with Crippen molar-refractivity contribution in [2.75, 3.05) is 0 Å². The van der Waals surface area contributed by atoms with E-state index >= 15 is 0 Å². The third-order valence-electron chi connectivity index (χ3n) is 3.74. The quantitative estimate of drug-likeness (QED) is 0.607. The molecule has 0 fully saturated rings. The normalized spacial score (nSPS) is 15.9. The van der Waals surface area contributed by atoms with Gasteiger partial charge >= 0.3 is 0 Å². The summed E-state index contributed by atoms with van der Waals surface area (Å²) in [5.41, 5.74) is -0.971. The molecule has 0 heterocycles. The van der Waals surface area contributed by atoms with Crippen LogP contribution in [-0.4, -0.2) is 0 Å². The van der Waals surface area contributed by atoms with Crippen LogP contribution in [0.4, 0.5) is 0 Å². The number of hydrogen-bond donors (Lipinski definition) is 2. The van der Waals surface area contributed by atoms with E-state index < -0.39 is 11.1 Å². The van der Waals surface area contributed by atoms with Gasteiger partial charge < -0.3 is 0 Å². The molecule has 0 saturated carbocycles. The Morgan fingerprint density at radius 2 is 1.00 bits per heavy atom. The van der Waals surface area contributed by atoms with Gasteiger partial charge in [0.1, 0.15) is 0 Å². The van der Waals surface area contributed by atoms with Gasteiger partial charge in [-0.15, -0.1) is 25.3 Å². The van der Waals surface area contributed by atoms with E-state index in [1.54, 1.807) is 62.4 Å². The van der Waals surface area contributed by atoms with E-state index in [0.29, 0.717) is 11.1 Å². The van der Waals surface area contributed by atoms with Crippen LogP contribution in [0.3, 0.4) is 0 Å². The van der Waals surface area contributed by atoms with Gasteiger partial charge in [0.25, 0.3) is 0 Å². The topological polar surface area (TPSA) is 72.3 Å². The summed E-state index contributed by atoms with van der Waals surface area (Å²) in [6, 6.07) is 18.6. The van der Waals surface area contributed by atoms with Gasteiger partial charge in [-0.1, -0.05) is 24.3 Å². The molecule has 0 aliphatic heterocycles. The van der Waals surface area contributed by atoms with E-state index in [2.05, 4.69) is 47.6 Å². The zero-order valence-electron chi connectivity index (χ0n) is 13.3. The minimum atomic E-state index is -1.18. The van der Waals surface area contributed by atoms with E-state index in [1.807, 2.05) is 0 Å². The van der Waals surface area contributed by atoms with Gasteiger partial charge in [-0.25, -0.2) is 0 Å². The molecular formula is C18H16N4S2. The Bertz CT molecular complexity index is 760. The summed E-state index contributed by atoms with van der Waals surface area (Å²) in [6.45, 7) is 3.33. The van der Waals surface area contributed by atoms with Crippen molar-refractivity contribution in [3.05, 3.63) is 59.7 Å². The maximum atomic E-state index is 9.57. The number of nitriles is 2. The Morgan fingerprint density at radius 3 is 1.25 bits per heavy atom. The van der Waals surface area contributed by atoms with E-state index in [4.69, 9.17) is 0 Å². The molecular weight excluding hydrogens is 336 g/mol. The average Bonchev–Trinajstić information content (AvgIpc) is 2.60. The predicted octanol–water partition coefficient (Wildman–Crippen LogP) is 4.89. The fourth-order valence-corrected chi connectivity index (χ4v) is 2.36. The third kappa shape index (κ3) is 3.79. The fraction of sp³-hybridized carbons (Fsp3) is 0.222. The molecule has 2 aromatic rings. The highest BCUT2D eigenvalue weighted by molar-refractivity contribution is 7.80. The maximum Gasteiger partial charge on any atom is 0.189 e. The lowest BCUT2D eigenvalue weighted by Gasteiger charge is -2.20. The van der Waals surface area contributed by atoms with Crippen molar-refractivity contribution in [2.24, 2.45) is 10.2 Å². The van der Waals surface area contributed by atoms with Crippen LogP contribution in [0.5, 0.6) is 0 Å². The molecule has 4 nitrogen and oxygen atoms in total. The molecule has 0 N–H and O–H groups in total. The average molecular weight is 352 g/mol. The van der Waals surface area contributed by atoms with Crippen LogP contribution >= 0.6 is 25.3 Å². The Hall–Kier alpha value is -2.28. The van der Waals surface area contributed by atoms with Crippen molar-refractivity contribution in [3.63, 3.8) is 0 Å². The standard InChI is InChI=1S/C18H16N4S2/c1-17(11-19,13-3-7-15(23)8-4-13)21-22-18(2,12-20)14-5-9-16(24)10-6-14/h3-10,23-24H,1-2H3. The molecule has 0 aromatic heterocycles. The summed E-state index contributed by atoms with van der Waals surface area (Å²) in [5, 5.41) is 27.6. The van der Waals surface area contributed by atoms with Crippen molar-refractivity contribution >= 4 is 25.3 Å². The molecule has 0 saturated heterocycles. The summed E-state index contributed by atoms with van der Waals surface area (Å²) in [7, 11) is 0. The SMILES string of the molecule is CC(C#N)(N=NC(C)(C#N)c1ccc(S)cc1)c1ccc(S)cc1. The molecule has 2 aromatic carbocycles. The van der Waals surface area contributed by atoms with Crippen LogP contribution < -0.4 is 0 Å². The first-order valence-corrected chi connectivity index (χ1v) is 8.08. The largest absolute Gasteiger partial charge is 0.195 e. The van der Waals surface area contributed by atoms with Gasteiger partial charge in [-0.3, -0.25) is 0 Å². The molecule has 2 atom stereocenters. The first-order chi connectivity index (χ1) is 11.3. The number of hydrogen-bond acceptors (Lipinski definition) is 6. The molecule has 120 valence electrons. The van der Waals surface area contributed by atoms with Crippen molar-refractivity contribution in [1.29, 1.82) is 10.5 Å². The van der Waals surface area contributed by atoms with Gasteiger partial charge in [0.2, 0.25) is 0 Å².